The molecule has 0 saturated carbocycles. The molecular weight excluding hydrogens is 307 g/mol. The molecule has 8 heteroatoms. The maximum atomic E-state index is 12.7. The number of halogens is 4. The summed E-state index contributed by atoms with van der Waals surface area (Å²) in [6, 6.07) is 2.53. The van der Waals surface area contributed by atoms with Gasteiger partial charge in [0.2, 0.25) is 0 Å². The van der Waals surface area contributed by atoms with Crippen molar-refractivity contribution in [1.29, 1.82) is 0 Å². The van der Waals surface area contributed by atoms with E-state index in [0.29, 0.717) is 19.6 Å². The van der Waals surface area contributed by atoms with E-state index in [9.17, 15) is 18.0 Å². The van der Waals surface area contributed by atoms with Crippen molar-refractivity contribution in [1.82, 2.24) is 10.2 Å². The van der Waals surface area contributed by atoms with E-state index in [1.54, 1.807) is 0 Å². The van der Waals surface area contributed by atoms with Gasteiger partial charge in [-0.05, 0) is 25.1 Å². The first-order chi connectivity index (χ1) is 9.77. The number of rotatable bonds is 1. The molecule has 1 aromatic rings. The molecule has 0 spiro atoms. The van der Waals surface area contributed by atoms with Gasteiger partial charge in [0.1, 0.15) is 0 Å². The highest BCUT2D eigenvalue weighted by molar-refractivity contribution is 6.33. The third kappa shape index (κ3) is 4.01. The molecule has 1 fully saturated rings. The molecular formula is C13H15ClF3N3O. The normalized spacial score (nSPS) is 19.5. The van der Waals surface area contributed by atoms with Gasteiger partial charge in [-0.1, -0.05) is 11.6 Å². The molecule has 4 nitrogen and oxygen atoms in total. The molecule has 1 atom stereocenters. The minimum Gasteiger partial charge on any atom is -0.322 e. The number of carbonyl (C=O) groups excluding carboxylic acids is 1. The lowest BCUT2D eigenvalue weighted by molar-refractivity contribution is -0.137. The number of amides is 2. The Bertz CT molecular complexity index is 536. The summed E-state index contributed by atoms with van der Waals surface area (Å²) >= 11 is 5.85. The average Bonchev–Trinajstić information content (AvgIpc) is 2.40. The molecule has 1 saturated heterocycles. The first-order valence-electron chi connectivity index (χ1n) is 6.43. The summed E-state index contributed by atoms with van der Waals surface area (Å²) < 4.78 is 38.0. The number of nitrogens with zero attached hydrogens (tertiary/aromatic N) is 1. The Balaban J connectivity index is 2.13. The number of carbonyl (C=O) groups is 1. The fourth-order valence-electron chi connectivity index (χ4n) is 2.11. The second-order valence-corrected chi connectivity index (χ2v) is 5.33. The van der Waals surface area contributed by atoms with Crippen LogP contribution in [-0.2, 0) is 6.18 Å². The topological polar surface area (TPSA) is 44.4 Å². The molecule has 116 valence electrons. The van der Waals surface area contributed by atoms with Crippen LogP contribution < -0.4 is 10.6 Å². The summed E-state index contributed by atoms with van der Waals surface area (Å²) in [5.41, 5.74) is -0.890. The fourth-order valence-corrected chi connectivity index (χ4v) is 2.27. The molecule has 1 heterocycles. The van der Waals surface area contributed by atoms with Gasteiger partial charge < -0.3 is 15.5 Å². The summed E-state index contributed by atoms with van der Waals surface area (Å²) in [4.78, 5) is 13.6. The van der Waals surface area contributed by atoms with E-state index in [1.165, 1.54) is 4.90 Å². The van der Waals surface area contributed by atoms with Crippen LogP contribution in [0.3, 0.4) is 0 Å². The molecule has 0 unspecified atom stereocenters. The summed E-state index contributed by atoms with van der Waals surface area (Å²) in [6.45, 7) is 3.55. The molecule has 0 aliphatic carbocycles. The third-order valence-electron chi connectivity index (χ3n) is 3.19. The second-order valence-electron chi connectivity index (χ2n) is 4.92. The minimum absolute atomic E-state index is 0.0392. The zero-order valence-electron chi connectivity index (χ0n) is 11.3. The van der Waals surface area contributed by atoms with Crippen molar-refractivity contribution in [2.45, 2.75) is 19.1 Å². The number of hydrogen-bond donors (Lipinski definition) is 2. The van der Waals surface area contributed by atoms with Crippen LogP contribution in [0.5, 0.6) is 0 Å². The van der Waals surface area contributed by atoms with E-state index in [1.807, 2.05) is 6.92 Å². The number of anilines is 1. The average molecular weight is 322 g/mol. The second kappa shape index (κ2) is 6.11. The molecule has 0 bridgehead atoms. The number of benzene rings is 1. The summed E-state index contributed by atoms with van der Waals surface area (Å²) in [5.74, 6) is 0. The summed E-state index contributed by atoms with van der Waals surface area (Å²) in [7, 11) is 0. The maximum absolute atomic E-state index is 12.7. The summed E-state index contributed by atoms with van der Waals surface area (Å²) in [5, 5.41) is 5.68. The Hall–Kier alpha value is -1.47. The highest BCUT2D eigenvalue weighted by Gasteiger charge is 2.31. The lowest BCUT2D eigenvalue weighted by atomic mass is 10.2. The first-order valence-corrected chi connectivity index (χ1v) is 6.81. The Kier molecular flexibility index (Phi) is 4.63. The molecule has 2 rings (SSSR count). The van der Waals surface area contributed by atoms with Crippen LogP contribution >= 0.6 is 11.6 Å². The van der Waals surface area contributed by atoms with Gasteiger partial charge in [0.05, 0.1) is 16.3 Å². The standard InChI is InChI=1S/C13H15ClF3N3O/c1-8-7-20(5-4-18-8)12(21)19-11-6-9(13(15,16)17)2-3-10(11)14/h2-3,6,8,18H,4-5,7H2,1H3,(H,19,21)/t8-/m1/s1. The SMILES string of the molecule is C[C@@H]1CN(C(=O)Nc2cc(C(F)(F)F)ccc2Cl)CCN1. The van der Waals surface area contributed by atoms with Crippen LogP contribution in [0.4, 0.5) is 23.7 Å². The Morgan fingerprint density at radius 3 is 2.81 bits per heavy atom. The predicted octanol–water partition coefficient (Wildman–Crippen LogP) is 3.18. The highest BCUT2D eigenvalue weighted by Crippen LogP contribution is 2.33. The van der Waals surface area contributed by atoms with Gasteiger partial charge in [-0.25, -0.2) is 4.79 Å². The van der Waals surface area contributed by atoms with Crippen molar-refractivity contribution >= 4 is 23.3 Å². The number of piperazine rings is 1. The van der Waals surface area contributed by atoms with Crippen molar-refractivity contribution in [3.63, 3.8) is 0 Å². The van der Waals surface area contributed by atoms with Crippen LogP contribution in [0.25, 0.3) is 0 Å². The van der Waals surface area contributed by atoms with E-state index in [-0.39, 0.29) is 16.8 Å². The highest BCUT2D eigenvalue weighted by atomic mass is 35.5. The van der Waals surface area contributed by atoms with Crippen molar-refractivity contribution in [2.24, 2.45) is 0 Å². The quantitative estimate of drug-likeness (QED) is 0.834. The lowest BCUT2D eigenvalue weighted by Crippen LogP contribution is -2.52. The number of nitrogens with one attached hydrogen (secondary N) is 2. The molecule has 21 heavy (non-hydrogen) atoms. The third-order valence-corrected chi connectivity index (χ3v) is 3.52. The monoisotopic (exact) mass is 321 g/mol. The molecule has 2 amide bonds. The van der Waals surface area contributed by atoms with Crippen molar-refractivity contribution in [3.05, 3.63) is 28.8 Å². The predicted molar refractivity (Wildman–Crippen MR) is 74.5 cm³/mol. The van der Waals surface area contributed by atoms with Gasteiger partial charge in [0.25, 0.3) is 0 Å². The van der Waals surface area contributed by atoms with Crippen LogP contribution in [0.15, 0.2) is 18.2 Å². The van der Waals surface area contributed by atoms with Crippen LogP contribution in [-0.4, -0.2) is 36.6 Å². The lowest BCUT2D eigenvalue weighted by Gasteiger charge is -2.32. The van der Waals surface area contributed by atoms with Gasteiger partial charge in [-0.2, -0.15) is 13.2 Å². The van der Waals surface area contributed by atoms with E-state index in [4.69, 9.17) is 11.6 Å². The Labute approximate surface area is 125 Å². The van der Waals surface area contributed by atoms with E-state index >= 15 is 0 Å². The van der Waals surface area contributed by atoms with Gasteiger partial charge in [-0.15, -0.1) is 0 Å². The molecule has 1 aliphatic rings. The van der Waals surface area contributed by atoms with E-state index < -0.39 is 17.8 Å². The van der Waals surface area contributed by atoms with Crippen LogP contribution in [0.1, 0.15) is 12.5 Å². The first kappa shape index (κ1) is 15.9. The van der Waals surface area contributed by atoms with Crippen LogP contribution in [0.2, 0.25) is 5.02 Å². The smallest absolute Gasteiger partial charge is 0.322 e. The zero-order valence-corrected chi connectivity index (χ0v) is 12.1. The maximum Gasteiger partial charge on any atom is 0.416 e. The number of urea groups is 1. The van der Waals surface area contributed by atoms with Crippen molar-refractivity contribution in [3.8, 4) is 0 Å². The van der Waals surface area contributed by atoms with E-state index in [2.05, 4.69) is 10.6 Å². The van der Waals surface area contributed by atoms with Crippen molar-refractivity contribution in [2.75, 3.05) is 25.0 Å². The molecule has 1 aromatic carbocycles. The van der Waals surface area contributed by atoms with Gasteiger partial charge >= 0.3 is 12.2 Å². The summed E-state index contributed by atoms with van der Waals surface area (Å²) in [6.07, 6.45) is -4.48. The molecule has 0 radical (unpaired) electrons. The molecule has 0 aromatic heterocycles. The molecule has 1 aliphatic heterocycles. The minimum atomic E-state index is -4.48. The van der Waals surface area contributed by atoms with Gasteiger partial charge in [0, 0.05) is 25.7 Å². The van der Waals surface area contributed by atoms with E-state index in [0.717, 1.165) is 18.2 Å². The number of hydrogen-bond acceptors (Lipinski definition) is 2. The Morgan fingerprint density at radius 2 is 2.19 bits per heavy atom. The Morgan fingerprint density at radius 1 is 1.48 bits per heavy atom. The van der Waals surface area contributed by atoms with Crippen LogP contribution in [0, 0.1) is 0 Å². The van der Waals surface area contributed by atoms with Gasteiger partial charge in [-0.3, -0.25) is 0 Å². The van der Waals surface area contributed by atoms with Gasteiger partial charge in [0.15, 0.2) is 0 Å². The zero-order chi connectivity index (χ0) is 15.6. The van der Waals surface area contributed by atoms with Crippen molar-refractivity contribution < 1.29 is 18.0 Å². The molecule has 2 N–H and O–H groups in total. The largest absolute Gasteiger partial charge is 0.416 e. The number of alkyl halides is 3. The fraction of sp³-hybridized carbons (Fsp3) is 0.462.